The number of hydrogen-bond donors (Lipinski definition) is 0. The van der Waals surface area contributed by atoms with Gasteiger partial charge in [0, 0.05) is 50.0 Å². The first-order chi connectivity index (χ1) is 16.6. The van der Waals surface area contributed by atoms with Crippen molar-refractivity contribution in [3.63, 3.8) is 0 Å². The largest absolute Gasteiger partial charge is 0.476 e. The van der Waals surface area contributed by atoms with Crippen LogP contribution in [0.3, 0.4) is 0 Å². The van der Waals surface area contributed by atoms with Gasteiger partial charge in [-0.3, -0.25) is 9.88 Å². The van der Waals surface area contributed by atoms with Gasteiger partial charge in [-0.1, -0.05) is 12.1 Å². The normalized spacial score (nSPS) is 15.0. The van der Waals surface area contributed by atoms with E-state index in [0.717, 1.165) is 66.0 Å². The first kappa shape index (κ1) is 22.4. The molecule has 7 heteroatoms. The number of benzene rings is 2. The molecule has 2 aromatic heterocycles. The van der Waals surface area contributed by atoms with E-state index >= 15 is 0 Å². The van der Waals surface area contributed by atoms with Crippen LogP contribution in [0.15, 0.2) is 61.1 Å². The zero-order valence-corrected chi connectivity index (χ0v) is 19.5. The fourth-order valence-corrected chi connectivity index (χ4v) is 4.32. The molecule has 0 bridgehead atoms. The van der Waals surface area contributed by atoms with Crippen LogP contribution in [0.1, 0.15) is 5.56 Å². The highest BCUT2D eigenvalue weighted by Gasteiger charge is 2.15. The van der Waals surface area contributed by atoms with Crippen LogP contribution in [-0.2, 0) is 0 Å². The first-order valence-electron chi connectivity index (χ1n) is 11.6. The van der Waals surface area contributed by atoms with Crippen molar-refractivity contribution in [1.82, 2.24) is 24.8 Å². The predicted octanol–water partition coefficient (Wildman–Crippen LogP) is 4.43. The molecule has 0 spiro atoms. The molecule has 0 N–H and O–H groups in total. The van der Waals surface area contributed by atoms with Crippen LogP contribution in [0, 0.1) is 12.7 Å². The van der Waals surface area contributed by atoms with Crippen LogP contribution in [0.2, 0.25) is 0 Å². The minimum Gasteiger partial charge on any atom is -0.476 e. The van der Waals surface area contributed by atoms with Crippen molar-refractivity contribution < 1.29 is 9.13 Å². The van der Waals surface area contributed by atoms with E-state index in [4.69, 9.17) is 4.74 Å². The van der Waals surface area contributed by atoms with Gasteiger partial charge in [0.2, 0.25) is 5.88 Å². The second-order valence-corrected chi connectivity index (χ2v) is 8.77. The van der Waals surface area contributed by atoms with Gasteiger partial charge >= 0.3 is 0 Å². The third-order valence-corrected chi connectivity index (χ3v) is 6.39. The average molecular weight is 458 g/mol. The van der Waals surface area contributed by atoms with Crippen molar-refractivity contribution in [1.29, 1.82) is 0 Å². The van der Waals surface area contributed by atoms with Crippen LogP contribution >= 0.6 is 0 Å². The maximum absolute atomic E-state index is 13.8. The quantitative estimate of drug-likeness (QED) is 0.427. The summed E-state index contributed by atoms with van der Waals surface area (Å²) in [5.74, 6) is 0.367. The minimum atomic E-state index is -0.220. The van der Waals surface area contributed by atoms with Crippen molar-refractivity contribution in [2.24, 2.45) is 0 Å². The number of ether oxygens (including phenoxy) is 1. The highest BCUT2D eigenvalue weighted by molar-refractivity contribution is 5.91. The van der Waals surface area contributed by atoms with Gasteiger partial charge in [0.05, 0.1) is 16.6 Å². The Balaban J connectivity index is 1.43. The zero-order chi connectivity index (χ0) is 23.5. The molecule has 34 heavy (non-hydrogen) atoms. The number of nitrogens with zero attached hydrogens (tertiary/aromatic N) is 5. The third kappa shape index (κ3) is 4.76. The van der Waals surface area contributed by atoms with Gasteiger partial charge in [-0.25, -0.2) is 14.4 Å². The Kier molecular flexibility index (Phi) is 6.47. The average Bonchev–Trinajstić information content (AvgIpc) is 2.87. The van der Waals surface area contributed by atoms with Crippen LogP contribution < -0.4 is 4.74 Å². The molecule has 0 atom stereocenters. The van der Waals surface area contributed by atoms with E-state index in [1.807, 2.05) is 30.3 Å². The van der Waals surface area contributed by atoms with Crippen LogP contribution in [0.25, 0.3) is 33.3 Å². The van der Waals surface area contributed by atoms with Crippen LogP contribution in [0.4, 0.5) is 4.39 Å². The van der Waals surface area contributed by atoms with Crippen LogP contribution in [-0.4, -0.2) is 71.1 Å². The Hall–Kier alpha value is -3.42. The van der Waals surface area contributed by atoms with E-state index in [1.54, 1.807) is 25.5 Å². The standard InChI is InChI=1S/C27H28FN5O/c1-19-16-21(5-7-24(19)28)26-22(4-3-9-29-26)20-6-8-25-23(17-20)27(31-18-30-25)34-15-14-33-12-10-32(2)11-13-33/h3-9,16-18H,10-15H2,1-2H3. The topological polar surface area (TPSA) is 54.4 Å². The molecule has 1 fully saturated rings. The minimum absolute atomic E-state index is 0.220. The molecule has 3 heterocycles. The van der Waals surface area contributed by atoms with E-state index in [2.05, 4.69) is 37.9 Å². The monoisotopic (exact) mass is 457 g/mol. The van der Waals surface area contributed by atoms with Crippen molar-refractivity contribution >= 4 is 10.9 Å². The number of likely N-dealkylation sites (N-methyl/N-ethyl adjacent to an activating group) is 1. The Bertz CT molecular complexity index is 1300. The molecule has 0 unspecified atom stereocenters. The molecule has 1 aliphatic heterocycles. The molecule has 0 amide bonds. The van der Waals surface area contributed by atoms with Crippen LogP contribution in [0.5, 0.6) is 5.88 Å². The fourth-order valence-electron chi connectivity index (χ4n) is 4.32. The van der Waals surface area contributed by atoms with E-state index in [0.29, 0.717) is 18.1 Å². The van der Waals surface area contributed by atoms with Gasteiger partial charge in [-0.15, -0.1) is 0 Å². The summed E-state index contributed by atoms with van der Waals surface area (Å²) in [4.78, 5) is 18.2. The summed E-state index contributed by atoms with van der Waals surface area (Å²) in [5.41, 5.74) is 5.05. The van der Waals surface area contributed by atoms with Gasteiger partial charge in [0.25, 0.3) is 0 Å². The molecule has 0 aliphatic carbocycles. The zero-order valence-electron chi connectivity index (χ0n) is 19.5. The number of piperazine rings is 1. The second kappa shape index (κ2) is 9.83. The number of aromatic nitrogens is 3. The summed E-state index contributed by atoms with van der Waals surface area (Å²) >= 11 is 0. The van der Waals surface area contributed by atoms with Crippen molar-refractivity contribution in [3.8, 4) is 28.3 Å². The molecule has 6 nitrogen and oxygen atoms in total. The summed E-state index contributed by atoms with van der Waals surface area (Å²) < 4.78 is 20.0. The third-order valence-electron chi connectivity index (χ3n) is 6.39. The summed E-state index contributed by atoms with van der Waals surface area (Å²) in [5, 5.41) is 0.864. The molecule has 174 valence electrons. The molecule has 2 aromatic carbocycles. The summed E-state index contributed by atoms with van der Waals surface area (Å²) in [6.07, 6.45) is 3.30. The summed E-state index contributed by atoms with van der Waals surface area (Å²) in [6, 6.07) is 15.1. The maximum Gasteiger partial charge on any atom is 0.224 e. The SMILES string of the molecule is Cc1cc(-c2ncccc2-c2ccc3ncnc(OCCN4CCN(C)CC4)c3c2)ccc1F. The number of fused-ring (bicyclic) bond motifs is 1. The maximum atomic E-state index is 13.8. The molecule has 1 saturated heterocycles. The Morgan fingerprint density at radius 2 is 1.76 bits per heavy atom. The predicted molar refractivity (Wildman–Crippen MR) is 132 cm³/mol. The van der Waals surface area contributed by atoms with Gasteiger partial charge in [0.15, 0.2) is 0 Å². The second-order valence-electron chi connectivity index (χ2n) is 8.77. The summed E-state index contributed by atoms with van der Waals surface area (Å²) in [6.45, 7) is 7.49. The van der Waals surface area contributed by atoms with Gasteiger partial charge in [0.1, 0.15) is 18.8 Å². The lowest BCUT2D eigenvalue weighted by Gasteiger charge is -2.32. The van der Waals surface area contributed by atoms with E-state index < -0.39 is 0 Å². The molecular formula is C27H28FN5O. The number of pyridine rings is 1. The molecule has 5 rings (SSSR count). The van der Waals surface area contributed by atoms with E-state index in [1.165, 1.54) is 6.07 Å². The molecule has 1 aliphatic rings. The number of aryl methyl sites for hydroxylation is 1. The molecular weight excluding hydrogens is 429 g/mol. The lowest BCUT2D eigenvalue weighted by molar-refractivity contribution is 0.133. The first-order valence-corrected chi connectivity index (χ1v) is 11.6. The highest BCUT2D eigenvalue weighted by atomic mass is 19.1. The lowest BCUT2D eigenvalue weighted by atomic mass is 9.97. The Labute approximate surface area is 199 Å². The summed E-state index contributed by atoms with van der Waals surface area (Å²) in [7, 11) is 2.16. The number of hydrogen-bond acceptors (Lipinski definition) is 6. The Morgan fingerprint density at radius 1 is 0.941 bits per heavy atom. The van der Waals surface area contributed by atoms with Gasteiger partial charge < -0.3 is 9.64 Å². The van der Waals surface area contributed by atoms with Crippen molar-refractivity contribution in [2.45, 2.75) is 6.92 Å². The lowest BCUT2D eigenvalue weighted by Crippen LogP contribution is -2.45. The van der Waals surface area contributed by atoms with E-state index in [9.17, 15) is 4.39 Å². The van der Waals surface area contributed by atoms with Gasteiger partial charge in [-0.2, -0.15) is 0 Å². The molecule has 0 saturated carbocycles. The smallest absolute Gasteiger partial charge is 0.224 e. The molecule has 0 radical (unpaired) electrons. The molecule has 4 aromatic rings. The fraction of sp³-hybridized carbons (Fsp3) is 0.296. The Morgan fingerprint density at radius 3 is 2.59 bits per heavy atom. The van der Waals surface area contributed by atoms with Crippen molar-refractivity contribution in [3.05, 3.63) is 72.4 Å². The van der Waals surface area contributed by atoms with E-state index in [-0.39, 0.29) is 5.82 Å². The van der Waals surface area contributed by atoms with Gasteiger partial charge in [-0.05, 0) is 61.5 Å². The number of halogens is 1. The number of rotatable bonds is 6. The highest BCUT2D eigenvalue weighted by Crippen LogP contribution is 2.34. The van der Waals surface area contributed by atoms with Crippen molar-refractivity contribution in [2.75, 3.05) is 46.4 Å².